The first-order valence-electron chi connectivity index (χ1n) is 18.7. The molecule has 3 aliphatic rings. The average Bonchev–Trinajstić information content (AvgIpc) is 3.55. The van der Waals surface area contributed by atoms with Crippen LogP contribution in [0.15, 0.2) is 96.1 Å². The zero-order chi connectivity index (χ0) is 38.1. The maximum atomic E-state index is 16.6. The summed E-state index contributed by atoms with van der Waals surface area (Å²) >= 11 is 0. The van der Waals surface area contributed by atoms with E-state index in [1.54, 1.807) is 59.3 Å². The lowest BCUT2D eigenvalue weighted by molar-refractivity contribution is -0.150. The Labute approximate surface area is 313 Å². The molecule has 280 valence electrons. The number of benzene rings is 3. The van der Waals surface area contributed by atoms with Gasteiger partial charge in [0, 0.05) is 41.4 Å². The summed E-state index contributed by atoms with van der Waals surface area (Å²) in [6.45, 7) is 11.8. The summed E-state index contributed by atoms with van der Waals surface area (Å²) in [6.07, 6.45) is 5.53. The Morgan fingerprint density at radius 2 is 1.72 bits per heavy atom. The number of hydrogen-bond acceptors (Lipinski definition) is 5. The molecule has 0 aromatic heterocycles. The van der Waals surface area contributed by atoms with Gasteiger partial charge < -0.3 is 29.1 Å². The van der Waals surface area contributed by atoms with Crippen molar-refractivity contribution in [2.75, 3.05) is 23.4 Å². The highest BCUT2D eigenvalue weighted by atomic mass is 28.4. The van der Waals surface area contributed by atoms with Crippen molar-refractivity contribution in [3.05, 3.63) is 118 Å². The molecule has 3 aromatic rings. The lowest BCUT2D eigenvalue weighted by atomic mass is 9.82. The molecule has 1 saturated heterocycles. The number of ether oxygens (including phenoxy) is 1. The molecule has 10 heteroatoms. The fraction of sp³-hybridized carbons (Fsp3) is 0.419. The van der Waals surface area contributed by atoms with E-state index in [-0.39, 0.29) is 30.7 Å². The fourth-order valence-electron chi connectivity index (χ4n) is 8.57. The number of aliphatic hydroxyl groups is 1. The third-order valence-corrected chi connectivity index (χ3v) is 13.7. The van der Waals surface area contributed by atoms with Gasteiger partial charge in [-0.15, -0.1) is 0 Å². The lowest BCUT2D eigenvalue weighted by Gasteiger charge is -2.37. The minimum Gasteiger partial charge on any atom is -0.394 e. The monoisotopic (exact) mass is 737 g/mol. The van der Waals surface area contributed by atoms with Crippen LogP contribution >= 0.6 is 0 Å². The highest BCUT2D eigenvalue weighted by Crippen LogP contribution is 2.60. The van der Waals surface area contributed by atoms with Gasteiger partial charge in [-0.25, -0.2) is 0 Å². The summed E-state index contributed by atoms with van der Waals surface area (Å²) < 4.78 is 23.6. The highest BCUT2D eigenvalue weighted by Gasteiger charge is 2.67. The van der Waals surface area contributed by atoms with Crippen molar-refractivity contribution in [3.8, 4) is 0 Å². The van der Waals surface area contributed by atoms with Crippen molar-refractivity contribution >= 4 is 37.5 Å². The van der Waals surface area contributed by atoms with E-state index in [0.29, 0.717) is 42.0 Å². The Balaban J connectivity index is 1.36. The second kappa shape index (κ2) is 15.5. The Kier molecular flexibility index (Phi) is 11.2. The van der Waals surface area contributed by atoms with Gasteiger partial charge in [-0.3, -0.25) is 14.4 Å². The molecular weight excluding hydrogens is 686 g/mol. The Hall–Kier alpha value is -4.38. The molecule has 0 bridgehead atoms. The molecule has 0 saturated carbocycles. The van der Waals surface area contributed by atoms with Crippen molar-refractivity contribution in [2.45, 2.75) is 96.3 Å². The molecule has 3 aliphatic heterocycles. The number of anilines is 2. The molecule has 8 nitrogen and oxygen atoms in total. The van der Waals surface area contributed by atoms with Gasteiger partial charge in [0.1, 0.15) is 0 Å². The van der Waals surface area contributed by atoms with Crippen LogP contribution in [0.5, 0.6) is 0 Å². The van der Waals surface area contributed by atoms with E-state index in [1.807, 2.05) is 43.3 Å². The summed E-state index contributed by atoms with van der Waals surface area (Å²) in [5, 5.41) is 13.3. The molecule has 6 rings (SSSR count). The number of allylic oxidation sites excluding steroid dienone is 3. The molecule has 3 heterocycles. The van der Waals surface area contributed by atoms with Crippen molar-refractivity contribution in [2.24, 2.45) is 5.92 Å². The molecule has 3 amide bonds. The van der Waals surface area contributed by atoms with Crippen molar-refractivity contribution in [3.63, 3.8) is 0 Å². The summed E-state index contributed by atoms with van der Waals surface area (Å²) in [5.41, 5.74) is 4.45. The third kappa shape index (κ3) is 7.68. The Morgan fingerprint density at radius 1 is 1.02 bits per heavy atom. The third-order valence-electron chi connectivity index (χ3n) is 11.2. The normalized spacial score (nSPS) is 23.9. The molecule has 0 unspecified atom stereocenters. The van der Waals surface area contributed by atoms with E-state index >= 15 is 4.11 Å². The summed E-state index contributed by atoms with van der Waals surface area (Å²) in [5.74, 6) is -1.44. The number of nitrogens with one attached hydrogen (secondary N) is 1. The largest absolute Gasteiger partial charge is 0.394 e. The van der Waals surface area contributed by atoms with Crippen LogP contribution in [0.2, 0.25) is 18.6 Å². The zero-order valence-electron chi connectivity index (χ0n) is 31.7. The highest BCUT2D eigenvalue weighted by molar-refractivity contribution is 6.72. The van der Waals surface area contributed by atoms with Crippen LogP contribution < -0.4 is 10.2 Å². The quantitative estimate of drug-likeness (QED) is 0.118. The van der Waals surface area contributed by atoms with Gasteiger partial charge in [0.2, 0.25) is 14.3 Å². The molecule has 1 spiro atoms. The van der Waals surface area contributed by atoms with E-state index in [0.717, 1.165) is 29.5 Å². The maximum Gasteiger partial charge on any atom is 0.264 e. The number of nitrogens with zero attached hydrogens (tertiary/aromatic N) is 2. The lowest BCUT2D eigenvalue weighted by Crippen LogP contribution is -2.48. The van der Waals surface area contributed by atoms with Gasteiger partial charge in [0.05, 0.1) is 30.9 Å². The minimum atomic E-state index is -3.56. The second-order valence-corrected chi connectivity index (χ2v) is 19.4. The summed E-state index contributed by atoms with van der Waals surface area (Å²) in [6, 6.07) is 21.8. The van der Waals surface area contributed by atoms with Crippen molar-refractivity contribution in [1.29, 1.82) is 0 Å². The zero-order valence-corrected chi connectivity index (χ0v) is 32.7. The molecule has 0 aliphatic carbocycles. The number of carbonyl (C=O) groups excluding carboxylic acids is 3. The first-order chi connectivity index (χ1) is 25.2. The first-order valence-corrected chi connectivity index (χ1v) is 21.7. The molecule has 53 heavy (non-hydrogen) atoms. The molecule has 2 N–H and O–H groups in total. The number of halogens is 1. The minimum absolute atomic E-state index is 0.119. The average molecular weight is 738 g/mol. The number of amides is 3. The SMILES string of the molecule is CC(C)=CCC/C(C)=C/CN1C(=O)[C@@]2(O[C@@H](CC(=O)N3Cc4ccccc4C[C@H]3CO)[C@H]([Si](C)(C)F)[C@H]2C)c2cc(NC(=O)c3ccccc3)ccc21. The summed E-state index contributed by atoms with van der Waals surface area (Å²) in [7, 11) is -3.56. The van der Waals surface area contributed by atoms with Crippen LogP contribution in [0.3, 0.4) is 0 Å². The van der Waals surface area contributed by atoms with Gasteiger partial charge in [-0.2, -0.15) is 0 Å². The van der Waals surface area contributed by atoms with E-state index < -0.39 is 37.6 Å². The van der Waals surface area contributed by atoms with E-state index in [4.69, 9.17) is 4.74 Å². The van der Waals surface area contributed by atoms with Crippen LogP contribution in [0, 0.1) is 5.92 Å². The van der Waals surface area contributed by atoms with Crippen LogP contribution in [0.4, 0.5) is 15.5 Å². The van der Waals surface area contributed by atoms with Gasteiger partial charge in [0.25, 0.3) is 11.8 Å². The summed E-state index contributed by atoms with van der Waals surface area (Å²) in [4.78, 5) is 45.8. The van der Waals surface area contributed by atoms with E-state index in [2.05, 4.69) is 38.2 Å². The number of rotatable bonds is 11. The van der Waals surface area contributed by atoms with Crippen LogP contribution in [0.1, 0.15) is 74.0 Å². The standard InChI is InChI=1S/C43H52FN3O5Si/c1-28(2)13-12-14-29(3)21-22-46-37-20-19-34(45-41(50)31-15-8-7-9-16-31)24-36(37)43(42(46)51)30(4)40(53(5,6)44)38(52-43)25-39(49)47-26-33-18-11-10-17-32(33)23-35(47)27-48/h7-11,13,15-21,24,30,35,38,40,48H,12,14,22-23,25-27H2,1-6H3,(H,45,50)/b29-21+/t30-,35+,38+,40-,43+/m1/s1. The molecular formula is C43H52FN3O5Si. The Morgan fingerprint density at radius 3 is 2.40 bits per heavy atom. The van der Waals surface area contributed by atoms with Crippen LogP contribution in [-0.2, 0) is 32.9 Å². The van der Waals surface area contributed by atoms with E-state index in [9.17, 15) is 19.5 Å². The number of fused-ring (bicyclic) bond motifs is 3. The number of carbonyl (C=O) groups is 3. The number of aliphatic hydroxyl groups excluding tert-OH is 1. The van der Waals surface area contributed by atoms with Gasteiger partial charge in [0.15, 0.2) is 5.60 Å². The van der Waals surface area contributed by atoms with Crippen molar-refractivity contribution in [1.82, 2.24) is 4.90 Å². The van der Waals surface area contributed by atoms with Crippen LogP contribution in [-0.4, -0.2) is 61.4 Å². The molecule has 3 aromatic carbocycles. The van der Waals surface area contributed by atoms with Gasteiger partial charge >= 0.3 is 0 Å². The predicted molar refractivity (Wildman–Crippen MR) is 210 cm³/mol. The number of hydrogen-bond donors (Lipinski definition) is 2. The topological polar surface area (TPSA) is 99.2 Å². The van der Waals surface area contributed by atoms with Gasteiger partial charge in [-0.05, 0) is 94.6 Å². The van der Waals surface area contributed by atoms with E-state index in [1.165, 1.54) is 5.57 Å². The molecule has 1 fully saturated rings. The Bertz CT molecular complexity index is 1920. The maximum absolute atomic E-state index is 16.6. The van der Waals surface area contributed by atoms with Crippen molar-refractivity contribution < 1.29 is 28.3 Å². The molecule has 0 radical (unpaired) electrons. The van der Waals surface area contributed by atoms with Crippen LogP contribution in [0.25, 0.3) is 0 Å². The molecule has 5 atom stereocenters. The first kappa shape index (κ1) is 38.3. The predicted octanol–water partition coefficient (Wildman–Crippen LogP) is 8.09. The second-order valence-electron chi connectivity index (χ2n) is 15.6. The smallest absolute Gasteiger partial charge is 0.264 e. The van der Waals surface area contributed by atoms with Gasteiger partial charge in [-0.1, -0.05) is 72.7 Å². The fourth-order valence-corrected chi connectivity index (χ4v) is 11.1.